The molecule has 0 aromatic rings. The maximum absolute atomic E-state index is 10.0. The molecular weight excluding hydrogens is 337 g/mol. The molecule has 6 N–H and O–H groups in total. The second-order valence-corrected chi connectivity index (χ2v) is 5.64. The number of ether oxygens (including phenoxy) is 1. The smallest absolute Gasteiger partial charge is 1.00 e. The summed E-state index contributed by atoms with van der Waals surface area (Å²) in [5.74, 6) is 0. The van der Waals surface area contributed by atoms with Gasteiger partial charge in [-0.25, -0.2) is 4.79 Å². The Balaban J connectivity index is -0.000000132. The molecule has 0 saturated heterocycles. The molecule has 0 spiro atoms. The fraction of sp³-hybridized carbons (Fsp3) is 0.923. The van der Waals surface area contributed by atoms with E-state index in [-0.39, 0.29) is 37.1 Å². The van der Waals surface area contributed by atoms with Gasteiger partial charge in [-0.05, 0) is 6.42 Å². The van der Waals surface area contributed by atoms with Crippen molar-refractivity contribution in [1.29, 1.82) is 0 Å². The van der Waals surface area contributed by atoms with Crippen LogP contribution in [0.2, 0.25) is 0 Å². The van der Waals surface area contributed by atoms with E-state index in [1.54, 1.807) is 0 Å². The van der Waals surface area contributed by atoms with Crippen LogP contribution in [0.15, 0.2) is 0 Å². The first-order chi connectivity index (χ1) is 9.77. The number of rotatable bonds is 11. The first-order valence-corrected chi connectivity index (χ1v) is 8.72. The summed E-state index contributed by atoms with van der Waals surface area (Å²) in [5.41, 5.74) is 0. The summed E-state index contributed by atoms with van der Waals surface area (Å²) in [7, 11) is -4.67. The Bertz CT molecular complexity index is 337. The molecule has 8 nitrogen and oxygen atoms in total. The molecule has 0 amide bonds. The molecule has 0 aromatic heterocycles. The fourth-order valence-corrected chi connectivity index (χ4v) is 1.75. The second-order valence-electron chi connectivity index (χ2n) is 4.74. The predicted molar refractivity (Wildman–Crippen MR) is 86.1 cm³/mol. The molecule has 0 aliphatic rings. The Morgan fingerprint density at radius 2 is 1.22 bits per heavy atom. The van der Waals surface area contributed by atoms with Gasteiger partial charge in [0.1, 0.15) is 0 Å². The average Bonchev–Trinajstić information content (AvgIpc) is 2.33. The van der Waals surface area contributed by atoms with E-state index in [1.165, 1.54) is 51.4 Å². The molecule has 0 heterocycles. The van der Waals surface area contributed by atoms with E-state index in [2.05, 4.69) is 11.7 Å². The Kier molecular flexibility index (Phi) is 29.7. The molecular formula is C13H32NNaO7S. The van der Waals surface area contributed by atoms with Crippen LogP contribution >= 0.6 is 0 Å². The first-order valence-electron chi connectivity index (χ1n) is 7.33. The summed E-state index contributed by atoms with van der Waals surface area (Å²) in [5, 5.41) is 8.23. The largest absolute Gasteiger partial charge is 1.00 e. The van der Waals surface area contributed by atoms with Crippen molar-refractivity contribution in [3.8, 4) is 0 Å². The molecule has 0 fully saturated rings. The number of unbranched alkanes of at least 4 members (excludes halogenated alkanes) is 9. The Hall–Kier alpha value is 0.1000. The van der Waals surface area contributed by atoms with E-state index in [9.17, 15) is 4.79 Å². The second kappa shape index (κ2) is 22.1. The van der Waals surface area contributed by atoms with Crippen molar-refractivity contribution >= 4 is 16.6 Å². The maximum Gasteiger partial charge on any atom is 1.00 e. The van der Waals surface area contributed by atoms with Crippen molar-refractivity contribution in [3.63, 3.8) is 0 Å². The van der Waals surface area contributed by atoms with E-state index in [0.29, 0.717) is 6.61 Å². The van der Waals surface area contributed by atoms with Gasteiger partial charge in [-0.1, -0.05) is 64.7 Å². The van der Waals surface area contributed by atoms with Crippen LogP contribution in [-0.4, -0.2) is 35.4 Å². The molecule has 0 radical (unpaired) electrons. The van der Waals surface area contributed by atoms with Crippen molar-refractivity contribution < 1.29 is 63.1 Å². The van der Waals surface area contributed by atoms with Gasteiger partial charge in [-0.2, -0.15) is 8.42 Å². The zero-order valence-electron chi connectivity index (χ0n) is 15.4. The summed E-state index contributed by atoms with van der Waals surface area (Å²) in [6, 6.07) is 0. The van der Waals surface area contributed by atoms with Gasteiger partial charge in [0.2, 0.25) is 0 Å². The third-order valence-electron chi connectivity index (χ3n) is 2.72. The van der Waals surface area contributed by atoms with Gasteiger partial charge in [0.25, 0.3) is 0 Å². The van der Waals surface area contributed by atoms with Crippen LogP contribution in [-0.2, 0) is 15.1 Å². The summed E-state index contributed by atoms with van der Waals surface area (Å²) in [6.45, 7) is 2.59. The van der Waals surface area contributed by atoms with Crippen molar-refractivity contribution in [2.45, 2.75) is 71.1 Å². The number of carboxylic acid groups (broad SMARTS) is 1. The van der Waals surface area contributed by atoms with Crippen LogP contribution in [0.25, 0.3) is 0 Å². The molecule has 0 rings (SSSR count). The predicted octanol–water partition coefficient (Wildman–Crippen LogP) is 1.23. The van der Waals surface area contributed by atoms with Crippen molar-refractivity contribution in [2.75, 3.05) is 6.61 Å². The summed E-state index contributed by atoms with van der Waals surface area (Å²) >= 11 is 0. The third-order valence-corrected chi connectivity index (χ3v) is 2.72. The average molecular weight is 369 g/mol. The Morgan fingerprint density at radius 1 is 0.913 bits per heavy atom. The Morgan fingerprint density at radius 3 is 1.52 bits per heavy atom. The number of hydrogen-bond acceptors (Lipinski definition) is 5. The topological polar surface area (TPSA) is 156 Å². The van der Waals surface area contributed by atoms with Crippen LogP contribution < -0.4 is 35.7 Å². The SMILES string of the molecule is CCCCCCCCCCCCOC(=O)O.N.O=S(=O)(O)O.[H-].[Na+]. The van der Waals surface area contributed by atoms with E-state index in [0.717, 1.165) is 12.8 Å². The minimum atomic E-state index is -4.67. The zero-order chi connectivity index (χ0) is 16.6. The molecule has 0 unspecified atom stereocenters. The molecule has 0 saturated carbocycles. The van der Waals surface area contributed by atoms with Gasteiger partial charge in [0.15, 0.2) is 0 Å². The summed E-state index contributed by atoms with van der Waals surface area (Å²) in [6.07, 6.45) is 11.4. The van der Waals surface area contributed by atoms with E-state index < -0.39 is 16.6 Å². The minimum Gasteiger partial charge on any atom is -1.00 e. The molecule has 138 valence electrons. The third kappa shape index (κ3) is 52.0. The monoisotopic (exact) mass is 369 g/mol. The molecule has 23 heavy (non-hydrogen) atoms. The maximum atomic E-state index is 10.0. The normalized spacial score (nSPS) is 9.70. The molecule has 10 heteroatoms. The molecule has 0 bridgehead atoms. The minimum absolute atomic E-state index is 0. The van der Waals surface area contributed by atoms with E-state index in [4.69, 9.17) is 22.6 Å². The first kappa shape index (κ1) is 30.9. The van der Waals surface area contributed by atoms with Crippen LogP contribution in [0.4, 0.5) is 4.79 Å². The molecule has 0 aliphatic heterocycles. The van der Waals surface area contributed by atoms with E-state index in [1.807, 2.05) is 0 Å². The van der Waals surface area contributed by atoms with Crippen LogP contribution in [0.1, 0.15) is 72.6 Å². The van der Waals surface area contributed by atoms with Gasteiger partial charge in [0.05, 0.1) is 6.61 Å². The number of hydrogen-bond donors (Lipinski definition) is 4. The van der Waals surface area contributed by atoms with Gasteiger partial charge in [-0.15, -0.1) is 0 Å². The Labute approximate surface area is 163 Å². The van der Waals surface area contributed by atoms with Gasteiger partial charge < -0.3 is 17.4 Å². The molecule has 0 aliphatic carbocycles. The van der Waals surface area contributed by atoms with Gasteiger partial charge in [0, 0.05) is 0 Å². The number of carbonyl (C=O) groups is 1. The molecule has 0 aromatic carbocycles. The van der Waals surface area contributed by atoms with Gasteiger partial charge >= 0.3 is 46.1 Å². The summed E-state index contributed by atoms with van der Waals surface area (Å²) in [4.78, 5) is 10.0. The standard InChI is InChI=1S/C13H26O3.H3N.Na.H2O4S.H/c1-2-3-4-5-6-7-8-9-10-11-12-16-13(14)15;;;1-5(2,3)4;/h2-12H2,1H3,(H,14,15);1H3;;(H2,1,2,3,4);/q;;+1;;-1. The van der Waals surface area contributed by atoms with Crippen LogP contribution in [0.3, 0.4) is 0 Å². The van der Waals surface area contributed by atoms with Crippen molar-refractivity contribution in [1.82, 2.24) is 6.15 Å². The van der Waals surface area contributed by atoms with Crippen LogP contribution in [0.5, 0.6) is 0 Å². The van der Waals surface area contributed by atoms with Gasteiger partial charge in [-0.3, -0.25) is 9.11 Å². The zero-order valence-corrected chi connectivity index (χ0v) is 17.2. The quantitative estimate of drug-likeness (QED) is 0.183. The van der Waals surface area contributed by atoms with Crippen molar-refractivity contribution in [3.05, 3.63) is 0 Å². The van der Waals surface area contributed by atoms with Crippen molar-refractivity contribution in [2.24, 2.45) is 0 Å². The van der Waals surface area contributed by atoms with E-state index >= 15 is 0 Å². The molecule has 0 atom stereocenters. The van der Waals surface area contributed by atoms with Crippen LogP contribution in [0, 0.1) is 0 Å². The summed E-state index contributed by atoms with van der Waals surface area (Å²) < 4.78 is 36.0. The fourth-order valence-electron chi connectivity index (χ4n) is 1.75.